The number of ether oxygens (including phenoxy) is 4. The number of carboxylic acid groups (broad SMARTS) is 2. The van der Waals surface area contributed by atoms with Crippen molar-refractivity contribution in [3.63, 3.8) is 0 Å². The molecule has 9 N–H and O–H groups in total. The zero-order chi connectivity index (χ0) is 53.6. The van der Waals surface area contributed by atoms with Crippen LogP contribution >= 0.6 is 0 Å². The van der Waals surface area contributed by atoms with Gasteiger partial charge in [0.2, 0.25) is 5.91 Å². The van der Waals surface area contributed by atoms with E-state index in [1.54, 1.807) is 7.05 Å². The van der Waals surface area contributed by atoms with Crippen molar-refractivity contribution in [2.24, 2.45) is 5.73 Å². The first-order valence-electron chi connectivity index (χ1n) is 23.4. The number of carbonyl (C=O) groups is 4. The third-order valence-electron chi connectivity index (χ3n) is 11.8. The molecule has 0 aromatic carbocycles. The number of unbranched alkanes of at least 4 members (excludes halogenated alkanes) is 15. The molecule has 2 fully saturated rings. The number of halogens is 6. The van der Waals surface area contributed by atoms with Crippen LogP contribution in [0.25, 0.3) is 0 Å². The quantitative estimate of drug-likeness (QED) is 0.0419. The number of carbonyl (C=O) groups excluding carboxylic acids is 2. The van der Waals surface area contributed by atoms with Gasteiger partial charge in [-0.2, -0.15) is 26.3 Å². The zero-order valence-electron chi connectivity index (χ0n) is 39.9. The Bertz CT molecular complexity index is 1930. The van der Waals surface area contributed by atoms with Crippen molar-refractivity contribution >= 4 is 23.8 Å². The van der Waals surface area contributed by atoms with Gasteiger partial charge >= 0.3 is 36.0 Å². The van der Waals surface area contributed by atoms with E-state index in [4.69, 9.17) is 44.5 Å². The number of aromatic amines is 1. The van der Waals surface area contributed by atoms with Crippen molar-refractivity contribution in [2.45, 2.75) is 183 Å². The fraction of sp³-hybridized carbons (Fsp3) is 0.773. The summed E-state index contributed by atoms with van der Waals surface area (Å²) in [4.78, 5) is 74.4. The number of likely N-dealkylation sites (N-methyl/N-ethyl adjacent to an activating group) is 2. The van der Waals surface area contributed by atoms with Crippen LogP contribution in [0.15, 0.2) is 33.6 Å². The van der Waals surface area contributed by atoms with Gasteiger partial charge in [-0.05, 0) is 19.5 Å². The maximum absolute atomic E-state index is 14.3. The maximum atomic E-state index is 14.3. The monoisotopic (exact) mass is 1040 g/mol. The van der Waals surface area contributed by atoms with E-state index >= 15 is 0 Å². The number of aliphatic carboxylic acids is 2. The number of hydrogen-bond donors (Lipinski definition) is 8. The highest BCUT2D eigenvalue weighted by Gasteiger charge is 2.55. The second-order valence-electron chi connectivity index (χ2n) is 17.3. The average molecular weight is 1040 g/mol. The number of alkyl halides is 6. The van der Waals surface area contributed by atoms with Crippen LogP contribution < -0.4 is 17.0 Å². The van der Waals surface area contributed by atoms with Crippen LogP contribution in [0.4, 0.5) is 26.3 Å². The molecule has 408 valence electrons. The molecule has 2 saturated heterocycles. The first kappa shape index (κ1) is 62.6. The fourth-order valence-electron chi connectivity index (χ4n) is 7.81. The molecule has 10 atom stereocenters. The predicted octanol–water partition coefficient (Wildman–Crippen LogP) is 2.67. The summed E-state index contributed by atoms with van der Waals surface area (Å²) in [5, 5.41) is 57.9. The molecular weight excluding hydrogens is 968 g/mol. The number of aliphatic hydroxyl groups is 4. The number of aliphatic hydroxyl groups excluding tert-OH is 4. The molecule has 27 heteroatoms. The van der Waals surface area contributed by atoms with Gasteiger partial charge in [-0.25, -0.2) is 19.2 Å². The van der Waals surface area contributed by atoms with Gasteiger partial charge in [-0.1, -0.05) is 103 Å². The lowest BCUT2D eigenvalue weighted by molar-refractivity contribution is -0.232. The predicted molar refractivity (Wildman–Crippen MR) is 237 cm³/mol. The smallest absolute Gasteiger partial charge is 0.475 e. The Morgan fingerprint density at radius 3 is 1.68 bits per heavy atom. The minimum atomic E-state index is -5.08. The van der Waals surface area contributed by atoms with Crippen LogP contribution in [0.2, 0.25) is 0 Å². The summed E-state index contributed by atoms with van der Waals surface area (Å²) in [6.07, 6.45) is -1.65. The van der Waals surface area contributed by atoms with Crippen molar-refractivity contribution in [2.75, 3.05) is 33.8 Å². The molecule has 3 aliphatic rings. The Balaban J connectivity index is 0.00000107. The molecule has 0 bridgehead atoms. The molecule has 0 spiro atoms. The average Bonchev–Trinajstić information content (AvgIpc) is 3.70. The minimum Gasteiger partial charge on any atom is -0.475 e. The number of nitrogens with two attached hydrogens (primary N) is 1. The molecule has 1 aromatic rings. The lowest BCUT2D eigenvalue weighted by Gasteiger charge is -2.38. The van der Waals surface area contributed by atoms with Gasteiger partial charge in [0, 0.05) is 32.4 Å². The first-order chi connectivity index (χ1) is 33.3. The highest BCUT2D eigenvalue weighted by molar-refractivity contribution is 5.96. The van der Waals surface area contributed by atoms with Crippen LogP contribution in [0, 0.1) is 0 Å². The van der Waals surface area contributed by atoms with E-state index in [2.05, 4.69) is 11.9 Å². The molecule has 1 amide bonds. The molecule has 0 saturated carbocycles. The topological polar surface area (TPSA) is 314 Å². The SMILES string of the molecule is CCCCCCCCCCCCCCCCCCOC(=O)C1=CCN(C)[C@@H]([C@H](O[C@@H]2O[C@H](CN)[C@@H](O)[C@H]2O)[C@H]2O[C@@H](n3ccc(=O)[nH]c3=O)[C@H](O)[C@@H]2O)C(=O)N1C.O=C(O)C(F)(F)F.O=C(O)C(F)(F)F. The van der Waals surface area contributed by atoms with Crippen LogP contribution in [0.1, 0.15) is 116 Å². The second-order valence-corrected chi connectivity index (χ2v) is 17.3. The molecule has 1 aromatic heterocycles. The third-order valence-corrected chi connectivity index (χ3v) is 11.8. The van der Waals surface area contributed by atoms with Gasteiger partial charge < -0.3 is 60.2 Å². The Morgan fingerprint density at radius 1 is 0.761 bits per heavy atom. The number of esters is 1. The summed E-state index contributed by atoms with van der Waals surface area (Å²) in [5.41, 5.74) is 4.08. The molecule has 3 aliphatic heterocycles. The van der Waals surface area contributed by atoms with Crippen molar-refractivity contribution in [3.8, 4) is 0 Å². The fourth-order valence-corrected chi connectivity index (χ4v) is 7.81. The standard InChI is InChI=1S/C40H67N5O12.2C2HF3O2/c1-4-5-6-7-8-9-10-11-12-13-14-15-16-17-18-19-24-54-38(52)26-20-22-43(2)29(36(51)44(26)3)34(57-39-33(50)30(47)27(25-41)55-39)35-31(48)32(49)37(56-35)45-23-21-28(46)42-40(45)53;2*3-2(4,5)1(6)7/h20-21,23,27,29-35,37,39,47-50H,4-19,22,24-25,41H2,1-3H3,(H,42,46,53);2*(H,6,7)/t27-,29+,30-,31+,32-,33-,34+,35+,37-,39+;;/m1../s1. The Morgan fingerprint density at radius 2 is 1.24 bits per heavy atom. The van der Waals surface area contributed by atoms with Gasteiger partial charge in [0.25, 0.3) is 5.56 Å². The van der Waals surface area contributed by atoms with Crippen LogP contribution in [-0.2, 0) is 38.1 Å². The van der Waals surface area contributed by atoms with E-state index < -0.39 is 109 Å². The normalized spacial score (nSPS) is 25.3. The van der Waals surface area contributed by atoms with Crippen molar-refractivity contribution in [1.29, 1.82) is 0 Å². The van der Waals surface area contributed by atoms with Gasteiger partial charge in [0.05, 0.1) is 6.61 Å². The Kier molecular flexibility index (Phi) is 26.9. The summed E-state index contributed by atoms with van der Waals surface area (Å²) in [6, 6.07) is -0.299. The number of H-pyrrole nitrogens is 1. The highest BCUT2D eigenvalue weighted by atomic mass is 19.4. The van der Waals surface area contributed by atoms with Crippen molar-refractivity contribution in [1.82, 2.24) is 19.4 Å². The van der Waals surface area contributed by atoms with Gasteiger partial charge in [-0.3, -0.25) is 24.0 Å². The third kappa shape index (κ3) is 20.2. The first-order valence-corrected chi connectivity index (χ1v) is 23.4. The van der Waals surface area contributed by atoms with Crippen molar-refractivity contribution < 1.29 is 95.1 Å². The lowest BCUT2D eigenvalue weighted by atomic mass is 9.97. The van der Waals surface area contributed by atoms with Gasteiger partial charge in [-0.15, -0.1) is 0 Å². The maximum Gasteiger partial charge on any atom is 0.490 e. The number of nitrogens with one attached hydrogen (secondary N) is 1. The zero-order valence-corrected chi connectivity index (χ0v) is 39.9. The number of carboxylic acids is 2. The number of nitrogens with zero attached hydrogens (tertiary/aromatic N) is 3. The van der Waals surface area contributed by atoms with Crippen LogP contribution in [0.3, 0.4) is 0 Å². The van der Waals surface area contributed by atoms with E-state index in [9.17, 15) is 65.9 Å². The molecule has 4 rings (SSSR count). The highest BCUT2D eigenvalue weighted by Crippen LogP contribution is 2.36. The number of rotatable bonds is 24. The summed E-state index contributed by atoms with van der Waals surface area (Å²) >= 11 is 0. The number of hydrogen-bond acceptors (Lipinski definition) is 16. The van der Waals surface area contributed by atoms with E-state index in [0.717, 1.165) is 41.0 Å². The van der Waals surface area contributed by atoms with Gasteiger partial charge in [0.1, 0.15) is 54.5 Å². The molecule has 0 radical (unpaired) electrons. The molecule has 0 unspecified atom stereocenters. The number of aromatic nitrogens is 2. The summed E-state index contributed by atoms with van der Waals surface area (Å²) < 4.78 is 87.7. The van der Waals surface area contributed by atoms with E-state index in [-0.39, 0.29) is 25.4 Å². The van der Waals surface area contributed by atoms with E-state index in [1.807, 2.05) is 0 Å². The van der Waals surface area contributed by atoms with Crippen LogP contribution in [0.5, 0.6) is 0 Å². The number of amides is 1. The molecule has 21 nitrogen and oxygen atoms in total. The van der Waals surface area contributed by atoms with Gasteiger partial charge in [0.15, 0.2) is 12.5 Å². The largest absolute Gasteiger partial charge is 0.490 e. The van der Waals surface area contributed by atoms with E-state index in [1.165, 1.54) is 95.1 Å². The molecule has 0 aliphatic carbocycles. The lowest BCUT2D eigenvalue weighted by Crippen LogP contribution is -2.59. The molecular formula is C44H69F6N5O16. The second kappa shape index (κ2) is 30.5. The van der Waals surface area contributed by atoms with E-state index in [0.29, 0.717) is 6.42 Å². The van der Waals surface area contributed by atoms with Crippen LogP contribution in [-0.4, -0.2) is 175 Å². The van der Waals surface area contributed by atoms with Crippen molar-refractivity contribution in [3.05, 3.63) is 44.9 Å². The molecule has 4 heterocycles. The Labute approximate surface area is 405 Å². The molecule has 71 heavy (non-hydrogen) atoms. The Hall–Kier alpha value is -4.48. The minimum absolute atomic E-state index is 0.00838. The summed E-state index contributed by atoms with van der Waals surface area (Å²) in [5.74, 6) is -6.88. The summed E-state index contributed by atoms with van der Waals surface area (Å²) in [7, 11) is 2.96. The summed E-state index contributed by atoms with van der Waals surface area (Å²) in [6.45, 7) is 2.30.